The maximum atomic E-state index is 12.2. The van der Waals surface area contributed by atoms with Crippen LogP contribution in [0, 0.1) is 6.92 Å². The Kier molecular flexibility index (Phi) is 9.16. The molecule has 0 atom stereocenters. The number of nitrogens with zero attached hydrogens (tertiary/aromatic N) is 3. The maximum absolute atomic E-state index is 12.2. The monoisotopic (exact) mass is 562 g/mol. The number of carbonyl (C=O) groups is 1. The summed E-state index contributed by atoms with van der Waals surface area (Å²) in [6, 6.07) is 15.7. The summed E-state index contributed by atoms with van der Waals surface area (Å²) in [5.74, 6) is 0.260. The van der Waals surface area contributed by atoms with Crippen LogP contribution >= 0.6 is 34.8 Å². The molecular weight excluding hydrogens is 535 g/mol. The normalized spacial score (nSPS) is 14.2. The standard InChI is InChI=1S/C27H27Cl3N4O3.H2/c1-18-2-3-19(17-31-32-27(36)20-4-7-25(35)24(30)15-20)14-26(18)37-13-12-33-8-10-34(11-9-33)21-5-6-22(28)23(29)16-21;/h2-7,14-17,35H,8-13H2,1H3,(H,32,36);1H/b31-17+;. The molecule has 10 heteroatoms. The van der Waals surface area contributed by atoms with Gasteiger partial charge in [-0.1, -0.05) is 46.9 Å². The van der Waals surface area contributed by atoms with Gasteiger partial charge in [0.2, 0.25) is 0 Å². The van der Waals surface area contributed by atoms with Crippen LogP contribution in [0.3, 0.4) is 0 Å². The fraction of sp³-hybridized carbons (Fsp3) is 0.259. The van der Waals surface area contributed by atoms with Gasteiger partial charge in [-0.2, -0.15) is 5.10 Å². The third kappa shape index (κ3) is 7.29. The summed E-state index contributed by atoms with van der Waals surface area (Å²) < 4.78 is 6.07. The number of benzene rings is 3. The molecule has 4 rings (SSSR count). The van der Waals surface area contributed by atoms with Crippen LogP contribution in [0.4, 0.5) is 5.69 Å². The molecule has 0 aliphatic carbocycles. The largest absolute Gasteiger partial charge is 0.506 e. The van der Waals surface area contributed by atoms with Gasteiger partial charge in [-0.15, -0.1) is 0 Å². The lowest BCUT2D eigenvalue weighted by Crippen LogP contribution is -2.47. The average molecular weight is 564 g/mol. The van der Waals surface area contributed by atoms with Gasteiger partial charge in [0, 0.05) is 45.4 Å². The Morgan fingerprint density at radius 3 is 2.54 bits per heavy atom. The molecule has 196 valence electrons. The van der Waals surface area contributed by atoms with Gasteiger partial charge in [0.05, 0.1) is 21.3 Å². The van der Waals surface area contributed by atoms with Gasteiger partial charge in [0.25, 0.3) is 5.91 Å². The van der Waals surface area contributed by atoms with Crippen molar-refractivity contribution in [1.82, 2.24) is 10.3 Å². The molecule has 3 aromatic carbocycles. The average Bonchev–Trinajstić information content (AvgIpc) is 2.89. The number of nitrogens with one attached hydrogen (secondary N) is 1. The van der Waals surface area contributed by atoms with Crippen molar-refractivity contribution >= 4 is 52.6 Å². The van der Waals surface area contributed by atoms with Crippen LogP contribution in [0.1, 0.15) is 22.9 Å². The first-order valence-electron chi connectivity index (χ1n) is 11.8. The summed E-state index contributed by atoms with van der Waals surface area (Å²) in [5, 5.41) is 14.7. The van der Waals surface area contributed by atoms with Gasteiger partial charge < -0.3 is 14.7 Å². The zero-order chi connectivity index (χ0) is 26.4. The highest BCUT2D eigenvalue weighted by Crippen LogP contribution is 2.28. The minimum Gasteiger partial charge on any atom is -0.506 e. The SMILES string of the molecule is Cc1ccc(/C=N/NC(=O)c2ccc(O)c(Cl)c2)cc1OCCN1CCN(c2ccc(Cl)c(Cl)c2)CC1.[HH]. The molecule has 1 amide bonds. The van der Waals surface area contributed by atoms with E-state index in [1.807, 2.05) is 43.3 Å². The van der Waals surface area contributed by atoms with E-state index in [-0.39, 0.29) is 12.2 Å². The van der Waals surface area contributed by atoms with E-state index in [0.29, 0.717) is 22.2 Å². The summed E-state index contributed by atoms with van der Waals surface area (Å²) >= 11 is 18.1. The number of phenols is 1. The molecule has 1 heterocycles. The topological polar surface area (TPSA) is 77.4 Å². The van der Waals surface area contributed by atoms with Gasteiger partial charge in [-0.25, -0.2) is 5.43 Å². The van der Waals surface area contributed by atoms with Crippen molar-refractivity contribution in [1.29, 1.82) is 0 Å². The summed E-state index contributed by atoms with van der Waals surface area (Å²) in [6.07, 6.45) is 1.55. The lowest BCUT2D eigenvalue weighted by molar-refractivity contribution is 0.0955. The Morgan fingerprint density at radius 2 is 1.81 bits per heavy atom. The second kappa shape index (κ2) is 12.5. The highest BCUT2D eigenvalue weighted by molar-refractivity contribution is 6.42. The molecule has 1 saturated heterocycles. The van der Waals surface area contributed by atoms with E-state index in [0.717, 1.165) is 55.3 Å². The minimum atomic E-state index is -0.430. The van der Waals surface area contributed by atoms with Crippen LogP contribution in [-0.2, 0) is 0 Å². The maximum Gasteiger partial charge on any atom is 0.271 e. The number of aromatic hydroxyl groups is 1. The van der Waals surface area contributed by atoms with Crippen molar-refractivity contribution in [3.8, 4) is 11.5 Å². The van der Waals surface area contributed by atoms with Crippen LogP contribution in [-0.4, -0.2) is 61.5 Å². The Bertz CT molecular complexity index is 1300. The van der Waals surface area contributed by atoms with Crippen LogP contribution in [0.25, 0.3) is 0 Å². The number of piperazine rings is 1. The zero-order valence-electron chi connectivity index (χ0n) is 20.3. The molecule has 0 saturated carbocycles. The summed E-state index contributed by atoms with van der Waals surface area (Å²) in [5.41, 5.74) is 5.65. The fourth-order valence-corrected chi connectivity index (χ4v) is 4.40. The van der Waals surface area contributed by atoms with E-state index >= 15 is 0 Å². The molecule has 1 aliphatic heterocycles. The predicted molar refractivity (Wildman–Crippen MR) is 152 cm³/mol. The Morgan fingerprint density at radius 1 is 1.03 bits per heavy atom. The lowest BCUT2D eigenvalue weighted by Gasteiger charge is -2.36. The Balaban J connectivity index is 0.00000400. The van der Waals surface area contributed by atoms with Crippen LogP contribution in [0.2, 0.25) is 15.1 Å². The molecule has 37 heavy (non-hydrogen) atoms. The Labute approximate surface area is 232 Å². The van der Waals surface area contributed by atoms with Crippen molar-refractivity contribution in [2.45, 2.75) is 6.92 Å². The molecule has 1 aliphatic rings. The van der Waals surface area contributed by atoms with Crippen molar-refractivity contribution in [3.05, 3.63) is 86.4 Å². The second-order valence-corrected chi connectivity index (χ2v) is 9.89. The number of amides is 1. The van der Waals surface area contributed by atoms with E-state index in [4.69, 9.17) is 39.5 Å². The molecule has 0 radical (unpaired) electrons. The van der Waals surface area contributed by atoms with Crippen LogP contribution in [0.5, 0.6) is 11.5 Å². The molecule has 7 nitrogen and oxygen atoms in total. The number of hydrogen-bond donors (Lipinski definition) is 2. The van der Waals surface area contributed by atoms with Gasteiger partial charge in [0.15, 0.2) is 0 Å². The fourth-order valence-electron chi connectivity index (χ4n) is 3.93. The summed E-state index contributed by atoms with van der Waals surface area (Å²) in [7, 11) is 0. The smallest absolute Gasteiger partial charge is 0.271 e. The third-order valence-electron chi connectivity index (χ3n) is 6.11. The van der Waals surface area contributed by atoms with E-state index in [2.05, 4.69) is 20.3 Å². The zero-order valence-corrected chi connectivity index (χ0v) is 22.5. The number of phenolic OH excluding ortho intramolecular Hbond substituents is 1. The number of ether oxygens (including phenoxy) is 1. The van der Waals surface area contributed by atoms with Crippen molar-refractivity contribution in [2.75, 3.05) is 44.2 Å². The van der Waals surface area contributed by atoms with Gasteiger partial charge in [-0.3, -0.25) is 9.69 Å². The highest BCUT2D eigenvalue weighted by atomic mass is 35.5. The van der Waals surface area contributed by atoms with E-state index in [1.54, 1.807) is 6.21 Å². The highest BCUT2D eigenvalue weighted by Gasteiger charge is 2.18. The minimum absolute atomic E-state index is 0. The number of anilines is 1. The first-order valence-corrected chi connectivity index (χ1v) is 12.9. The van der Waals surface area contributed by atoms with Crippen LogP contribution in [0.15, 0.2) is 59.7 Å². The lowest BCUT2D eigenvalue weighted by atomic mass is 10.1. The molecule has 1 fully saturated rings. The summed E-state index contributed by atoms with van der Waals surface area (Å²) in [4.78, 5) is 16.9. The van der Waals surface area contributed by atoms with Crippen LogP contribution < -0.4 is 15.1 Å². The molecule has 0 unspecified atom stereocenters. The van der Waals surface area contributed by atoms with Crippen molar-refractivity contribution in [2.24, 2.45) is 5.10 Å². The number of aryl methyl sites for hydroxylation is 1. The van der Waals surface area contributed by atoms with Crippen molar-refractivity contribution in [3.63, 3.8) is 0 Å². The van der Waals surface area contributed by atoms with Gasteiger partial charge in [0.1, 0.15) is 18.1 Å². The summed E-state index contributed by atoms with van der Waals surface area (Å²) in [6.45, 7) is 7.05. The van der Waals surface area contributed by atoms with E-state index in [9.17, 15) is 9.90 Å². The second-order valence-electron chi connectivity index (χ2n) is 8.67. The quantitative estimate of drug-likeness (QED) is 0.265. The van der Waals surface area contributed by atoms with Gasteiger partial charge >= 0.3 is 0 Å². The number of rotatable bonds is 8. The van der Waals surface area contributed by atoms with E-state index < -0.39 is 5.91 Å². The molecule has 3 aromatic rings. The third-order valence-corrected chi connectivity index (χ3v) is 7.15. The molecular formula is C27H29Cl3N4O3. The molecule has 2 N–H and O–H groups in total. The Hall–Kier alpha value is -2.97. The van der Waals surface area contributed by atoms with E-state index in [1.165, 1.54) is 18.2 Å². The number of halogens is 3. The molecule has 0 spiro atoms. The number of hydrazone groups is 1. The first-order chi connectivity index (χ1) is 17.8. The molecule has 0 aromatic heterocycles. The predicted octanol–water partition coefficient (Wildman–Crippen LogP) is 5.87. The number of carbonyl (C=O) groups excluding carboxylic acids is 1. The number of hydrogen-bond acceptors (Lipinski definition) is 6. The first kappa shape index (κ1) is 27.1. The van der Waals surface area contributed by atoms with Crippen molar-refractivity contribution < 1.29 is 16.1 Å². The van der Waals surface area contributed by atoms with Gasteiger partial charge in [-0.05, 0) is 60.5 Å². The molecule has 0 bridgehead atoms.